The first kappa shape index (κ1) is 81.7. The quantitative estimate of drug-likeness (QED) is 0.0388. The number of aliphatic carboxylic acids is 2. The molecule has 2 saturated carbocycles. The SMILES string of the molecule is NC1CCN(C(=O)[C@@H](NS(=O)(=O)c2ccc(OCC3CCCCC3)cc2)C(F)(F)c2cccc(-c3ccc(Cl)cc3)c2)CC1.NC1CCN(C(=O)[C@H](NS(=O)(=O)c2ccc(OCC3CCCCC3)cc2)C(F)(F)c2cccc(-c3ccc(Cl)cc3)c2)CC1.O=C(O)C(F)(F)F.O=C(O)C(F)(F)F. The largest absolute Gasteiger partial charge is 0.493 e. The van der Waals surface area contributed by atoms with Gasteiger partial charge in [-0.1, -0.05) is 122 Å². The van der Waals surface area contributed by atoms with Gasteiger partial charge in [0.1, 0.15) is 11.5 Å². The highest BCUT2D eigenvalue weighted by Gasteiger charge is 2.52. The fraction of sp³-hybridized carbons (Fsp3) is 0.429. The summed E-state index contributed by atoms with van der Waals surface area (Å²) in [5, 5.41) is 15.3. The number of amides is 2. The maximum Gasteiger partial charge on any atom is 0.490 e. The monoisotopic (exact) mass is 1520 g/mol. The van der Waals surface area contributed by atoms with E-state index in [0.29, 0.717) is 94.5 Å². The number of carboxylic acid groups (broad SMARTS) is 2. The van der Waals surface area contributed by atoms with Crippen molar-refractivity contribution in [3.05, 3.63) is 167 Å². The molecule has 556 valence electrons. The van der Waals surface area contributed by atoms with Gasteiger partial charge >= 0.3 is 24.3 Å². The van der Waals surface area contributed by atoms with Crippen LogP contribution in [0.2, 0.25) is 10.0 Å². The number of likely N-dealkylation sites (tertiary alicyclic amines) is 2. The summed E-state index contributed by atoms with van der Waals surface area (Å²) in [5.41, 5.74) is 13.2. The van der Waals surface area contributed by atoms with Crippen molar-refractivity contribution in [1.82, 2.24) is 19.2 Å². The average molecular weight is 1520 g/mol. The summed E-state index contributed by atoms with van der Waals surface area (Å²) in [6.45, 7) is 1.72. The molecule has 0 aromatic heterocycles. The Balaban J connectivity index is 0.000000241. The lowest BCUT2D eigenvalue weighted by atomic mass is 9.90. The number of nitrogens with zero attached hydrogens (tertiary/aromatic N) is 2. The Morgan fingerprint density at radius 3 is 1.03 bits per heavy atom. The van der Waals surface area contributed by atoms with Gasteiger partial charge in [-0.2, -0.15) is 53.3 Å². The first-order valence-corrected chi connectivity index (χ1v) is 36.3. The Kier molecular flexibility index (Phi) is 29.0. The molecule has 0 bridgehead atoms. The summed E-state index contributed by atoms with van der Waals surface area (Å²) in [6.07, 6.45) is 3.17. The fourth-order valence-corrected chi connectivity index (χ4v) is 14.2. The van der Waals surface area contributed by atoms with Crippen molar-refractivity contribution >= 4 is 67.0 Å². The van der Waals surface area contributed by atoms with E-state index in [-0.39, 0.29) is 48.1 Å². The molecule has 6 aromatic carbocycles. The maximum absolute atomic E-state index is 16.4. The van der Waals surface area contributed by atoms with Gasteiger partial charge in [0.25, 0.3) is 11.8 Å². The van der Waals surface area contributed by atoms with E-state index in [4.69, 9.17) is 63.9 Å². The van der Waals surface area contributed by atoms with Crippen molar-refractivity contribution < 1.29 is 99.6 Å². The molecule has 2 atom stereocenters. The predicted molar refractivity (Wildman–Crippen MR) is 362 cm³/mol. The number of rotatable bonds is 20. The van der Waals surface area contributed by atoms with Gasteiger partial charge in [0, 0.05) is 59.4 Å². The molecule has 2 aliphatic heterocycles. The van der Waals surface area contributed by atoms with E-state index in [1.54, 1.807) is 60.7 Å². The molecule has 0 radical (unpaired) electrons. The molecular formula is C70H78Cl2F10N6O12S2. The number of nitrogens with two attached hydrogens (primary N) is 2. The Hall–Kier alpha value is -7.58. The topological polar surface area (TPSA) is 278 Å². The number of benzene rings is 6. The lowest BCUT2D eigenvalue weighted by Crippen LogP contribution is -2.58. The predicted octanol–water partition coefficient (Wildman–Crippen LogP) is 14.0. The summed E-state index contributed by atoms with van der Waals surface area (Å²) in [7, 11) is -9.07. The summed E-state index contributed by atoms with van der Waals surface area (Å²) in [4.78, 5) is 47.1. The molecule has 0 spiro atoms. The minimum Gasteiger partial charge on any atom is -0.493 e. The Morgan fingerprint density at radius 1 is 0.451 bits per heavy atom. The van der Waals surface area contributed by atoms with Crippen LogP contribution >= 0.6 is 23.2 Å². The van der Waals surface area contributed by atoms with Crippen molar-refractivity contribution in [2.45, 2.75) is 148 Å². The molecule has 4 aliphatic rings. The molecule has 2 amide bonds. The second-order valence-electron chi connectivity index (χ2n) is 25.0. The van der Waals surface area contributed by atoms with Gasteiger partial charge in [0.05, 0.1) is 23.0 Å². The van der Waals surface area contributed by atoms with Crippen molar-refractivity contribution in [2.24, 2.45) is 23.3 Å². The van der Waals surface area contributed by atoms with Gasteiger partial charge in [-0.3, -0.25) is 9.59 Å². The molecule has 10 rings (SSSR count). The average Bonchev–Trinajstić information content (AvgIpc) is 0.776. The Morgan fingerprint density at radius 2 is 0.745 bits per heavy atom. The van der Waals surface area contributed by atoms with Gasteiger partial charge in [0.2, 0.25) is 31.9 Å². The third-order valence-electron chi connectivity index (χ3n) is 17.5. The van der Waals surface area contributed by atoms with Gasteiger partial charge in [-0.15, -0.1) is 0 Å². The molecule has 2 heterocycles. The molecule has 18 nitrogen and oxygen atoms in total. The van der Waals surface area contributed by atoms with Crippen LogP contribution < -0.4 is 30.4 Å². The van der Waals surface area contributed by atoms with Gasteiger partial charge in [-0.05, 0) is 170 Å². The smallest absolute Gasteiger partial charge is 0.490 e. The summed E-state index contributed by atoms with van der Waals surface area (Å²) < 4.78 is 199. The molecule has 102 heavy (non-hydrogen) atoms. The van der Waals surface area contributed by atoms with Crippen LogP contribution in [0.4, 0.5) is 43.9 Å². The molecule has 2 saturated heterocycles. The Bertz CT molecular complexity index is 3720. The zero-order valence-electron chi connectivity index (χ0n) is 54.8. The molecule has 4 fully saturated rings. The van der Waals surface area contributed by atoms with Gasteiger partial charge < -0.3 is 41.0 Å². The minimum absolute atomic E-state index is 0.149. The van der Waals surface area contributed by atoms with Crippen molar-refractivity contribution in [3.8, 4) is 33.8 Å². The lowest BCUT2D eigenvalue weighted by Gasteiger charge is -2.35. The van der Waals surface area contributed by atoms with Crippen molar-refractivity contribution in [2.75, 3.05) is 39.4 Å². The fourth-order valence-electron chi connectivity index (χ4n) is 11.6. The zero-order chi connectivity index (χ0) is 74.8. The highest BCUT2D eigenvalue weighted by molar-refractivity contribution is 7.89. The van der Waals surface area contributed by atoms with E-state index in [0.717, 1.165) is 25.7 Å². The highest BCUT2D eigenvalue weighted by atomic mass is 35.5. The molecule has 6 aromatic rings. The van der Waals surface area contributed by atoms with Crippen LogP contribution in [0, 0.1) is 11.8 Å². The molecular weight excluding hydrogens is 1440 g/mol. The second kappa shape index (κ2) is 36.2. The summed E-state index contributed by atoms with van der Waals surface area (Å²) in [6, 6.07) is 30.7. The standard InChI is InChI=1S/2C33H38ClF2N3O4S.2C2HF3O2/c2*34-27-11-9-24(10-12-27)25-7-4-8-26(21-25)33(35,36)31(32(40)39-19-17-28(37)18-20-39)38-44(41,42)30-15-13-29(14-16-30)43-22-23-5-2-1-3-6-23;2*3-2(4,5)1(6)7/h2*4,7-16,21,23,28,31,38H,1-3,5-6,17-20,22,37H2;2*(H,6,7)/t2*31-;;/m10../s1. The second-order valence-corrected chi connectivity index (χ2v) is 29.3. The van der Waals surface area contributed by atoms with E-state index in [2.05, 4.69) is 9.44 Å². The van der Waals surface area contributed by atoms with Crippen LogP contribution in [-0.4, -0.2) is 137 Å². The van der Waals surface area contributed by atoms with Crippen LogP contribution in [0.5, 0.6) is 11.5 Å². The zero-order valence-corrected chi connectivity index (χ0v) is 58.0. The first-order chi connectivity index (χ1) is 47.9. The van der Waals surface area contributed by atoms with E-state index in [9.17, 15) is 52.8 Å². The minimum atomic E-state index is -5.08. The number of carbonyl (C=O) groups is 4. The van der Waals surface area contributed by atoms with Crippen LogP contribution in [0.25, 0.3) is 22.3 Å². The third kappa shape index (κ3) is 23.7. The van der Waals surface area contributed by atoms with E-state index in [1.165, 1.54) is 133 Å². The molecule has 2 aliphatic carbocycles. The van der Waals surface area contributed by atoms with Crippen molar-refractivity contribution in [3.63, 3.8) is 0 Å². The number of nitrogens with one attached hydrogen (secondary N) is 2. The summed E-state index contributed by atoms with van der Waals surface area (Å²) >= 11 is 12.0. The maximum atomic E-state index is 16.4. The lowest BCUT2D eigenvalue weighted by molar-refractivity contribution is -0.193. The number of ether oxygens (including phenoxy) is 2. The van der Waals surface area contributed by atoms with Crippen molar-refractivity contribution in [1.29, 1.82) is 0 Å². The Labute approximate surface area is 594 Å². The van der Waals surface area contributed by atoms with E-state index in [1.807, 2.05) is 0 Å². The normalized spacial score (nSPS) is 16.9. The number of sulfonamides is 2. The number of hydrogen-bond donors (Lipinski definition) is 6. The number of carboxylic acids is 2. The number of alkyl halides is 10. The molecule has 0 unspecified atom stereocenters. The highest BCUT2D eigenvalue weighted by Crippen LogP contribution is 2.39. The molecule has 8 N–H and O–H groups in total. The van der Waals surface area contributed by atoms with E-state index < -0.39 is 91.2 Å². The number of carbonyl (C=O) groups excluding carboxylic acids is 2. The van der Waals surface area contributed by atoms with Crippen LogP contribution in [0.15, 0.2) is 155 Å². The first-order valence-electron chi connectivity index (χ1n) is 32.6. The summed E-state index contributed by atoms with van der Waals surface area (Å²) in [5.74, 6) is -13.4. The third-order valence-corrected chi connectivity index (χ3v) is 20.9. The van der Waals surface area contributed by atoms with E-state index >= 15 is 17.6 Å². The van der Waals surface area contributed by atoms with Gasteiger partial charge in [-0.25, -0.2) is 26.4 Å². The number of halogens is 12. The van der Waals surface area contributed by atoms with Gasteiger partial charge in [0.15, 0.2) is 12.1 Å². The van der Waals surface area contributed by atoms with Crippen LogP contribution in [0.3, 0.4) is 0 Å². The van der Waals surface area contributed by atoms with Crippen LogP contribution in [-0.2, 0) is 51.1 Å². The number of hydrogen-bond acceptors (Lipinski definition) is 12. The molecule has 32 heteroatoms. The number of piperidine rings is 2. The van der Waals surface area contributed by atoms with Crippen LogP contribution in [0.1, 0.15) is 101 Å².